The van der Waals surface area contributed by atoms with Gasteiger partial charge in [0.2, 0.25) is 0 Å². The Labute approximate surface area is 124 Å². The molecule has 0 bridgehead atoms. The maximum Gasteiger partial charge on any atom is 0.168 e. The number of ether oxygens (including phenoxy) is 2. The molecule has 1 aromatic carbocycles. The highest BCUT2D eigenvalue weighted by atomic mass is 19.1. The molecule has 0 radical (unpaired) electrons. The average molecular weight is 299 g/mol. The summed E-state index contributed by atoms with van der Waals surface area (Å²) in [6.45, 7) is 5.82. The summed E-state index contributed by atoms with van der Waals surface area (Å²) in [5, 5.41) is 3.15. The molecule has 1 aliphatic rings. The second-order valence-corrected chi connectivity index (χ2v) is 5.50. The summed E-state index contributed by atoms with van der Waals surface area (Å²) >= 11 is 0. The molecule has 2 rings (SSSR count). The molecule has 0 saturated carbocycles. The first kappa shape index (κ1) is 16.2. The second-order valence-electron chi connectivity index (χ2n) is 5.50. The molecule has 1 saturated heterocycles. The van der Waals surface area contributed by atoms with Crippen LogP contribution in [0.5, 0.6) is 5.75 Å². The Morgan fingerprint density at radius 3 is 2.90 bits per heavy atom. The minimum absolute atomic E-state index is 0.0846. The highest BCUT2D eigenvalue weighted by Crippen LogP contribution is 2.28. The van der Waals surface area contributed by atoms with Gasteiger partial charge in [-0.2, -0.15) is 0 Å². The van der Waals surface area contributed by atoms with E-state index >= 15 is 0 Å². The molecule has 5 heteroatoms. The van der Waals surface area contributed by atoms with Gasteiger partial charge in [-0.25, -0.2) is 8.78 Å². The van der Waals surface area contributed by atoms with Crippen LogP contribution in [-0.4, -0.2) is 25.4 Å². The van der Waals surface area contributed by atoms with Crippen LogP contribution in [0.15, 0.2) is 12.1 Å². The molecular weight excluding hydrogens is 276 g/mol. The third kappa shape index (κ3) is 4.64. The van der Waals surface area contributed by atoms with Crippen molar-refractivity contribution < 1.29 is 18.3 Å². The number of hydrogen-bond donors (Lipinski definition) is 1. The second kappa shape index (κ2) is 7.71. The summed E-state index contributed by atoms with van der Waals surface area (Å²) in [6.07, 6.45) is 2.43. The van der Waals surface area contributed by atoms with E-state index in [-0.39, 0.29) is 18.0 Å². The molecule has 0 spiro atoms. The van der Waals surface area contributed by atoms with Gasteiger partial charge < -0.3 is 14.8 Å². The first-order chi connectivity index (χ1) is 10.1. The molecule has 21 heavy (non-hydrogen) atoms. The maximum absolute atomic E-state index is 14.0. The van der Waals surface area contributed by atoms with Gasteiger partial charge in [0, 0.05) is 31.0 Å². The lowest BCUT2D eigenvalue weighted by Gasteiger charge is -2.28. The van der Waals surface area contributed by atoms with Crippen molar-refractivity contribution in [3.63, 3.8) is 0 Å². The Balaban J connectivity index is 2.12. The highest BCUT2D eigenvalue weighted by Gasteiger charge is 2.23. The van der Waals surface area contributed by atoms with Crippen LogP contribution in [0.25, 0.3) is 0 Å². The van der Waals surface area contributed by atoms with Crippen molar-refractivity contribution >= 4 is 0 Å². The predicted molar refractivity (Wildman–Crippen MR) is 77.4 cm³/mol. The van der Waals surface area contributed by atoms with Crippen molar-refractivity contribution in [1.82, 2.24) is 5.32 Å². The van der Waals surface area contributed by atoms with Gasteiger partial charge in [-0.05, 0) is 26.0 Å². The zero-order valence-corrected chi connectivity index (χ0v) is 12.6. The first-order valence-electron chi connectivity index (χ1n) is 7.57. The van der Waals surface area contributed by atoms with Crippen molar-refractivity contribution in [3.05, 3.63) is 29.3 Å². The Hall–Kier alpha value is -1.20. The lowest BCUT2D eigenvalue weighted by atomic mass is 10.1. The smallest absolute Gasteiger partial charge is 0.168 e. The van der Waals surface area contributed by atoms with Gasteiger partial charge in [0.15, 0.2) is 11.6 Å². The van der Waals surface area contributed by atoms with E-state index in [1.165, 1.54) is 6.07 Å². The van der Waals surface area contributed by atoms with Crippen LogP contribution in [0.3, 0.4) is 0 Å². The summed E-state index contributed by atoms with van der Waals surface area (Å²) in [6, 6.07) is 2.21. The van der Waals surface area contributed by atoms with Crippen molar-refractivity contribution in [2.24, 2.45) is 0 Å². The fraction of sp³-hybridized carbons (Fsp3) is 0.625. The fourth-order valence-electron chi connectivity index (χ4n) is 2.51. The van der Waals surface area contributed by atoms with Gasteiger partial charge in [-0.1, -0.05) is 6.92 Å². The van der Waals surface area contributed by atoms with E-state index in [4.69, 9.17) is 9.47 Å². The molecule has 2 atom stereocenters. The van der Waals surface area contributed by atoms with Gasteiger partial charge in [-0.15, -0.1) is 0 Å². The molecule has 118 valence electrons. The van der Waals surface area contributed by atoms with E-state index in [2.05, 4.69) is 5.32 Å². The topological polar surface area (TPSA) is 30.5 Å². The molecular formula is C16H23F2NO2. The third-order valence-corrected chi connectivity index (χ3v) is 3.55. The molecule has 2 unspecified atom stereocenters. The van der Waals surface area contributed by atoms with Crippen LogP contribution < -0.4 is 10.1 Å². The molecule has 1 fully saturated rings. The fourth-order valence-corrected chi connectivity index (χ4v) is 2.51. The van der Waals surface area contributed by atoms with E-state index in [9.17, 15) is 8.78 Å². The summed E-state index contributed by atoms with van der Waals surface area (Å²) in [7, 11) is 0. The Kier molecular flexibility index (Phi) is 5.94. The van der Waals surface area contributed by atoms with E-state index in [0.717, 1.165) is 31.9 Å². The molecule has 1 heterocycles. The zero-order chi connectivity index (χ0) is 15.2. The monoisotopic (exact) mass is 299 g/mol. The largest absolute Gasteiger partial charge is 0.487 e. The predicted octanol–water partition coefficient (Wildman–Crippen LogP) is 3.41. The van der Waals surface area contributed by atoms with Crippen LogP contribution in [0.2, 0.25) is 0 Å². The summed E-state index contributed by atoms with van der Waals surface area (Å²) in [5.74, 6) is -1.05. The van der Waals surface area contributed by atoms with Gasteiger partial charge in [0.25, 0.3) is 0 Å². The summed E-state index contributed by atoms with van der Waals surface area (Å²) in [5.41, 5.74) is 0.528. The minimum Gasteiger partial charge on any atom is -0.487 e. The molecule has 0 aromatic heterocycles. The maximum atomic E-state index is 14.0. The Morgan fingerprint density at radius 1 is 1.38 bits per heavy atom. The van der Waals surface area contributed by atoms with Gasteiger partial charge in [0.05, 0.1) is 12.7 Å². The zero-order valence-electron chi connectivity index (χ0n) is 12.6. The summed E-state index contributed by atoms with van der Waals surface area (Å²) in [4.78, 5) is 0. The lowest BCUT2D eigenvalue weighted by molar-refractivity contribution is -0.0264. The van der Waals surface area contributed by atoms with E-state index in [1.54, 1.807) is 0 Å². The molecule has 1 N–H and O–H groups in total. The lowest BCUT2D eigenvalue weighted by Crippen LogP contribution is -2.31. The number of benzene rings is 1. The highest BCUT2D eigenvalue weighted by molar-refractivity contribution is 5.36. The van der Waals surface area contributed by atoms with E-state index < -0.39 is 11.6 Å². The number of hydrogen-bond acceptors (Lipinski definition) is 3. The standard InChI is InChI=1S/C16H23F2NO2/c1-3-5-19-10-12-8-13(17)9-15(18)16(12)21-14-4-6-20-11(2)7-14/h8-9,11,14,19H,3-7,10H2,1-2H3. The quantitative estimate of drug-likeness (QED) is 0.817. The van der Waals surface area contributed by atoms with E-state index in [1.807, 2.05) is 13.8 Å². The van der Waals surface area contributed by atoms with Crippen molar-refractivity contribution in [3.8, 4) is 5.75 Å². The van der Waals surface area contributed by atoms with Crippen LogP contribution in [0, 0.1) is 11.6 Å². The molecule has 3 nitrogen and oxygen atoms in total. The molecule has 0 aliphatic carbocycles. The summed E-state index contributed by atoms with van der Waals surface area (Å²) < 4.78 is 38.7. The van der Waals surface area contributed by atoms with Crippen molar-refractivity contribution in [1.29, 1.82) is 0 Å². The van der Waals surface area contributed by atoms with Gasteiger partial charge >= 0.3 is 0 Å². The minimum atomic E-state index is -0.637. The van der Waals surface area contributed by atoms with Crippen molar-refractivity contribution in [2.45, 2.75) is 51.9 Å². The van der Waals surface area contributed by atoms with Crippen molar-refractivity contribution in [2.75, 3.05) is 13.2 Å². The molecule has 0 amide bonds. The van der Waals surface area contributed by atoms with Crippen LogP contribution in [-0.2, 0) is 11.3 Å². The van der Waals surface area contributed by atoms with Crippen LogP contribution in [0.1, 0.15) is 38.7 Å². The number of rotatable bonds is 6. The SMILES string of the molecule is CCCNCc1cc(F)cc(F)c1OC1CCOC(C)C1. The van der Waals surface area contributed by atoms with Crippen LogP contribution in [0.4, 0.5) is 8.78 Å². The Morgan fingerprint density at radius 2 is 2.19 bits per heavy atom. The number of nitrogens with one attached hydrogen (secondary N) is 1. The average Bonchev–Trinajstić information content (AvgIpc) is 2.43. The normalized spacial score (nSPS) is 22.3. The molecule has 1 aromatic rings. The first-order valence-corrected chi connectivity index (χ1v) is 7.57. The third-order valence-electron chi connectivity index (χ3n) is 3.55. The van der Waals surface area contributed by atoms with Crippen LogP contribution >= 0.6 is 0 Å². The molecule has 1 aliphatic heterocycles. The Bertz CT molecular complexity index is 468. The van der Waals surface area contributed by atoms with E-state index in [0.29, 0.717) is 18.7 Å². The van der Waals surface area contributed by atoms with Gasteiger partial charge in [0.1, 0.15) is 11.9 Å². The van der Waals surface area contributed by atoms with Gasteiger partial charge in [-0.3, -0.25) is 0 Å². The number of halogens is 2.